The number of carbonyl (C=O) groups excluding carboxylic acids is 2. The molecule has 2 N–H and O–H groups in total. The van der Waals surface area contributed by atoms with Crippen LogP contribution in [0, 0.1) is 30.1 Å². The summed E-state index contributed by atoms with van der Waals surface area (Å²) in [5.41, 5.74) is 2.19. The number of rotatable bonds is 6. The van der Waals surface area contributed by atoms with Crippen molar-refractivity contribution in [1.29, 1.82) is 5.41 Å². The van der Waals surface area contributed by atoms with Crippen LogP contribution in [0.4, 0.5) is 16.6 Å². The molecule has 10 nitrogen and oxygen atoms in total. The van der Waals surface area contributed by atoms with Crippen LogP contribution < -0.4 is 15.9 Å². The van der Waals surface area contributed by atoms with Crippen LogP contribution >= 0.6 is 11.3 Å². The number of aromatic nitrogens is 3. The number of imidazole rings is 1. The molecule has 11 heteroatoms. The lowest BCUT2D eigenvalue weighted by atomic mass is 10.00. The summed E-state index contributed by atoms with van der Waals surface area (Å²) in [7, 11) is 1.62. The van der Waals surface area contributed by atoms with E-state index in [1.807, 2.05) is 13.8 Å². The molecule has 0 radical (unpaired) electrons. The van der Waals surface area contributed by atoms with Gasteiger partial charge in [0.25, 0.3) is 5.91 Å². The van der Waals surface area contributed by atoms with E-state index in [0.29, 0.717) is 45.7 Å². The van der Waals surface area contributed by atoms with Crippen LogP contribution in [0.1, 0.15) is 47.6 Å². The SMILES string of the molecule is CC#CC(=O)N(C)c1cccc(-n2c3c(n(-c4ccc(C(=O)Nc5ncc(C)s5)cc4)c2=O)C(=N)CC(CC)C=N3)c1. The lowest BCUT2D eigenvalue weighted by molar-refractivity contribution is -0.113. The van der Waals surface area contributed by atoms with Gasteiger partial charge in [-0.15, -0.1) is 11.3 Å². The van der Waals surface area contributed by atoms with Gasteiger partial charge in [-0.1, -0.05) is 18.9 Å². The molecule has 0 spiro atoms. The second kappa shape index (κ2) is 11.8. The molecule has 2 aromatic carbocycles. The first-order valence-corrected chi connectivity index (χ1v) is 14.2. The Morgan fingerprint density at radius 2 is 1.93 bits per heavy atom. The highest BCUT2D eigenvalue weighted by Crippen LogP contribution is 2.31. The molecule has 5 rings (SSSR count). The molecule has 0 aliphatic carbocycles. The molecule has 1 atom stereocenters. The number of carbonyl (C=O) groups is 2. The van der Waals surface area contributed by atoms with Gasteiger partial charge in [0, 0.05) is 35.6 Å². The van der Waals surface area contributed by atoms with Crippen molar-refractivity contribution in [2.75, 3.05) is 17.3 Å². The lowest BCUT2D eigenvalue weighted by Crippen LogP contribution is -2.26. The zero-order valence-corrected chi connectivity index (χ0v) is 24.5. The number of fused-ring (bicyclic) bond motifs is 1. The van der Waals surface area contributed by atoms with Gasteiger partial charge in [0.1, 0.15) is 5.69 Å². The highest BCUT2D eigenvalue weighted by Gasteiger charge is 2.28. The van der Waals surface area contributed by atoms with Gasteiger partial charge in [-0.25, -0.2) is 19.3 Å². The molecule has 2 amide bonds. The number of nitrogens with zero attached hydrogens (tertiary/aromatic N) is 5. The van der Waals surface area contributed by atoms with Crippen molar-refractivity contribution >= 4 is 51.7 Å². The quantitative estimate of drug-likeness (QED) is 0.307. The third-order valence-electron chi connectivity index (χ3n) is 6.96. The van der Waals surface area contributed by atoms with Crippen LogP contribution in [0.3, 0.4) is 0 Å². The fraction of sp³-hybridized carbons (Fsp3) is 0.226. The summed E-state index contributed by atoms with van der Waals surface area (Å²) in [5.74, 6) is 4.83. The smallest absolute Gasteiger partial charge is 0.305 e. The van der Waals surface area contributed by atoms with Crippen LogP contribution in [0.2, 0.25) is 0 Å². The third kappa shape index (κ3) is 5.44. The molecule has 42 heavy (non-hydrogen) atoms. The van der Waals surface area contributed by atoms with Crippen molar-refractivity contribution in [3.05, 3.63) is 81.3 Å². The molecule has 4 aromatic rings. The molecule has 3 heterocycles. The molecular weight excluding hydrogens is 550 g/mol. The average Bonchev–Trinajstić information content (AvgIpc) is 3.48. The predicted octanol–water partition coefficient (Wildman–Crippen LogP) is 5.13. The topological polar surface area (TPSA) is 125 Å². The predicted molar refractivity (Wildman–Crippen MR) is 166 cm³/mol. The molecular formula is C31H29N7O3S. The van der Waals surface area contributed by atoms with Crippen molar-refractivity contribution in [2.24, 2.45) is 10.9 Å². The molecule has 0 saturated carbocycles. The Balaban J connectivity index is 1.61. The normalized spacial score (nSPS) is 14.0. The summed E-state index contributed by atoms with van der Waals surface area (Å²) in [6.07, 6.45) is 4.71. The van der Waals surface area contributed by atoms with Gasteiger partial charge >= 0.3 is 11.6 Å². The van der Waals surface area contributed by atoms with Crippen LogP contribution in [0.5, 0.6) is 0 Å². The van der Waals surface area contributed by atoms with Crippen LogP contribution in [0.25, 0.3) is 11.4 Å². The molecule has 0 bridgehead atoms. The second-order valence-electron chi connectivity index (χ2n) is 9.79. The van der Waals surface area contributed by atoms with Gasteiger partial charge < -0.3 is 10.3 Å². The highest BCUT2D eigenvalue weighted by molar-refractivity contribution is 7.15. The van der Waals surface area contributed by atoms with Crippen molar-refractivity contribution < 1.29 is 9.59 Å². The molecule has 2 aromatic heterocycles. The van der Waals surface area contributed by atoms with E-state index in [1.54, 1.807) is 74.9 Å². The van der Waals surface area contributed by atoms with E-state index in [9.17, 15) is 14.4 Å². The van der Waals surface area contributed by atoms with Gasteiger partial charge in [-0.05, 0) is 81.0 Å². The van der Waals surface area contributed by atoms with E-state index in [-0.39, 0.29) is 23.4 Å². The van der Waals surface area contributed by atoms with Gasteiger partial charge in [-0.3, -0.25) is 19.5 Å². The van der Waals surface area contributed by atoms with E-state index in [1.165, 1.54) is 25.4 Å². The largest absolute Gasteiger partial charge is 0.339 e. The van der Waals surface area contributed by atoms with Gasteiger partial charge in [-0.2, -0.15) is 0 Å². The van der Waals surface area contributed by atoms with Gasteiger partial charge in [0.15, 0.2) is 10.9 Å². The Morgan fingerprint density at radius 1 is 1.17 bits per heavy atom. The summed E-state index contributed by atoms with van der Waals surface area (Å²) >= 11 is 1.38. The Labute approximate surface area is 246 Å². The maximum Gasteiger partial charge on any atom is 0.339 e. The summed E-state index contributed by atoms with van der Waals surface area (Å²) in [6.45, 7) is 5.54. The number of aliphatic imine (C=N–C) groups is 1. The fourth-order valence-electron chi connectivity index (χ4n) is 4.68. The van der Waals surface area contributed by atoms with E-state index >= 15 is 0 Å². The van der Waals surface area contributed by atoms with E-state index in [2.05, 4.69) is 22.1 Å². The molecule has 0 fully saturated rings. The second-order valence-corrected chi connectivity index (χ2v) is 11.0. The molecule has 1 aliphatic rings. The average molecular weight is 580 g/mol. The maximum atomic E-state index is 14.1. The molecule has 212 valence electrons. The zero-order valence-electron chi connectivity index (χ0n) is 23.6. The first-order chi connectivity index (χ1) is 20.2. The lowest BCUT2D eigenvalue weighted by Gasteiger charge is -2.15. The third-order valence-corrected chi connectivity index (χ3v) is 7.78. The Hall–Kier alpha value is -5.08. The van der Waals surface area contributed by atoms with E-state index in [4.69, 9.17) is 10.4 Å². The monoisotopic (exact) mass is 579 g/mol. The van der Waals surface area contributed by atoms with Crippen molar-refractivity contribution in [3.63, 3.8) is 0 Å². The van der Waals surface area contributed by atoms with Crippen molar-refractivity contribution in [3.8, 4) is 23.2 Å². The van der Waals surface area contributed by atoms with Crippen molar-refractivity contribution in [1.82, 2.24) is 14.1 Å². The Kier molecular flexibility index (Phi) is 7.99. The van der Waals surface area contributed by atoms with Gasteiger partial charge in [0.05, 0.1) is 17.1 Å². The van der Waals surface area contributed by atoms with Gasteiger partial charge in [0.2, 0.25) is 0 Å². The highest BCUT2D eigenvalue weighted by atomic mass is 32.1. The number of aryl methyl sites for hydroxylation is 1. The van der Waals surface area contributed by atoms with Crippen LogP contribution in [-0.2, 0) is 4.79 Å². The van der Waals surface area contributed by atoms with Crippen LogP contribution in [0.15, 0.2) is 64.5 Å². The van der Waals surface area contributed by atoms with E-state index < -0.39 is 5.69 Å². The summed E-state index contributed by atoms with van der Waals surface area (Å²) in [5, 5.41) is 12.3. The number of hydrogen-bond donors (Lipinski definition) is 2. The number of benzene rings is 2. The Bertz CT molecular complexity index is 1850. The molecule has 1 aliphatic heterocycles. The van der Waals surface area contributed by atoms with E-state index in [0.717, 1.165) is 11.3 Å². The number of anilines is 2. The molecule has 0 saturated heterocycles. The summed E-state index contributed by atoms with van der Waals surface area (Å²) < 4.78 is 2.92. The number of thiazole rings is 1. The van der Waals surface area contributed by atoms with Crippen LogP contribution in [-0.4, -0.2) is 44.9 Å². The number of hydrogen-bond acceptors (Lipinski definition) is 7. The zero-order chi connectivity index (χ0) is 30.0. The number of amides is 2. The summed E-state index contributed by atoms with van der Waals surface area (Å²) in [6, 6.07) is 13.6. The first-order valence-electron chi connectivity index (χ1n) is 13.4. The first kappa shape index (κ1) is 28.4. The summed E-state index contributed by atoms with van der Waals surface area (Å²) in [4.78, 5) is 50.6. The maximum absolute atomic E-state index is 14.1. The standard InChI is InChI=1S/C31H29N7O3S/c1-5-8-26(39)36(4)23-9-7-10-24(16-23)38-28-27(25(32)15-20(6-2)18-33-28)37(31(38)41)22-13-11-21(12-14-22)29(40)35-30-34-17-19(3)42-30/h7,9-14,16-18,20,32H,6,15H2,1-4H3,(H,34,35,40). The minimum atomic E-state index is -0.424. The molecule has 1 unspecified atom stereocenters. The number of nitrogens with one attached hydrogen (secondary N) is 2. The minimum absolute atomic E-state index is 0.0465. The Morgan fingerprint density at radius 3 is 2.60 bits per heavy atom. The van der Waals surface area contributed by atoms with Crippen molar-refractivity contribution in [2.45, 2.75) is 33.6 Å². The fourth-order valence-corrected chi connectivity index (χ4v) is 5.34. The minimum Gasteiger partial charge on any atom is -0.305 e.